The molecule has 2 aromatic carbocycles. The number of benzene rings is 2. The highest BCUT2D eigenvalue weighted by molar-refractivity contribution is 6.07. The number of methoxy groups -OCH3 is 1. The molecule has 1 aliphatic heterocycles. The van der Waals surface area contributed by atoms with Crippen molar-refractivity contribution in [3.05, 3.63) is 59.7 Å². The molecule has 30 heavy (non-hydrogen) atoms. The molecular weight excluding hydrogens is 386 g/mol. The molecule has 3 amide bonds. The lowest BCUT2D eigenvalue weighted by atomic mass is 9.92. The van der Waals surface area contributed by atoms with Crippen LogP contribution < -0.4 is 14.8 Å². The first kappa shape index (κ1) is 21.1. The Morgan fingerprint density at radius 1 is 1.13 bits per heavy atom. The summed E-state index contributed by atoms with van der Waals surface area (Å²) in [6.07, 6.45) is -0.751. The standard InChI is InChI=1S/C22H23N3O5/c1-22(16-5-9-18(29-2)10-6-16)20(27)25(21(28)24-22)13-17(26)14-30-19-7-3-15(4-8-19)11-12-23/h3-10,17,26H,11,13-14H2,1-2H3,(H,24,28)/t17-,22-/m0/s1. The number of ether oxygens (including phenoxy) is 2. The molecule has 0 bridgehead atoms. The first-order valence-corrected chi connectivity index (χ1v) is 9.43. The zero-order valence-corrected chi connectivity index (χ0v) is 16.8. The van der Waals surface area contributed by atoms with Gasteiger partial charge in [0, 0.05) is 0 Å². The molecule has 0 radical (unpaired) electrons. The van der Waals surface area contributed by atoms with Crippen LogP contribution in [0.5, 0.6) is 11.5 Å². The number of amides is 3. The van der Waals surface area contributed by atoms with Gasteiger partial charge in [-0.1, -0.05) is 24.3 Å². The van der Waals surface area contributed by atoms with Gasteiger partial charge in [0.05, 0.1) is 26.1 Å². The molecule has 1 fully saturated rings. The van der Waals surface area contributed by atoms with E-state index in [1.165, 1.54) is 0 Å². The summed E-state index contributed by atoms with van der Waals surface area (Å²) in [5.74, 6) is 0.720. The van der Waals surface area contributed by atoms with Gasteiger partial charge in [-0.25, -0.2) is 4.79 Å². The fourth-order valence-corrected chi connectivity index (χ4v) is 3.23. The Morgan fingerprint density at radius 2 is 1.77 bits per heavy atom. The Hall–Kier alpha value is -3.57. The molecule has 8 heteroatoms. The van der Waals surface area contributed by atoms with Gasteiger partial charge in [-0.05, 0) is 42.3 Å². The van der Waals surface area contributed by atoms with Crippen molar-refractivity contribution in [2.45, 2.75) is 25.0 Å². The second-order valence-electron chi connectivity index (χ2n) is 7.14. The SMILES string of the molecule is COc1ccc([C@]2(C)NC(=O)N(C[C@H](O)COc3ccc(CC#N)cc3)C2=O)cc1. The maximum absolute atomic E-state index is 12.9. The molecule has 1 aliphatic rings. The maximum Gasteiger partial charge on any atom is 0.325 e. The number of urea groups is 1. The fraction of sp³-hybridized carbons (Fsp3) is 0.318. The third-order valence-corrected chi connectivity index (χ3v) is 4.98. The number of β-amino-alcohol motifs (C(OH)–C–C–N with tert-alkyl or cyclic N) is 1. The molecule has 8 nitrogen and oxygen atoms in total. The van der Waals surface area contributed by atoms with Crippen LogP contribution in [0.1, 0.15) is 18.1 Å². The van der Waals surface area contributed by atoms with Gasteiger partial charge in [0.2, 0.25) is 0 Å². The molecule has 2 atom stereocenters. The van der Waals surface area contributed by atoms with Gasteiger partial charge in [0.1, 0.15) is 29.7 Å². The summed E-state index contributed by atoms with van der Waals surface area (Å²) in [5, 5.41) is 21.7. The number of carbonyl (C=O) groups excluding carboxylic acids is 2. The summed E-state index contributed by atoms with van der Waals surface area (Å²) in [6, 6.07) is 15.3. The number of hydrogen-bond acceptors (Lipinski definition) is 6. The van der Waals surface area contributed by atoms with Gasteiger partial charge in [-0.2, -0.15) is 5.26 Å². The Morgan fingerprint density at radius 3 is 2.37 bits per heavy atom. The lowest BCUT2D eigenvalue weighted by Gasteiger charge is -2.23. The van der Waals surface area contributed by atoms with Crippen LogP contribution in [0.15, 0.2) is 48.5 Å². The normalized spacial score (nSPS) is 19.2. The van der Waals surface area contributed by atoms with E-state index >= 15 is 0 Å². The third-order valence-electron chi connectivity index (χ3n) is 4.98. The van der Waals surface area contributed by atoms with E-state index in [9.17, 15) is 14.7 Å². The molecule has 1 heterocycles. The van der Waals surface area contributed by atoms with Crippen LogP contribution in [0.4, 0.5) is 4.79 Å². The van der Waals surface area contributed by atoms with E-state index in [1.807, 2.05) is 0 Å². The van der Waals surface area contributed by atoms with E-state index < -0.39 is 23.6 Å². The average Bonchev–Trinajstić information content (AvgIpc) is 2.97. The van der Waals surface area contributed by atoms with Crippen molar-refractivity contribution in [2.75, 3.05) is 20.3 Å². The smallest absolute Gasteiger partial charge is 0.325 e. The van der Waals surface area contributed by atoms with Crippen molar-refractivity contribution < 1.29 is 24.2 Å². The highest BCUT2D eigenvalue weighted by Crippen LogP contribution is 2.30. The van der Waals surface area contributed by atoms with Crippen molar-refractivity contribution in [3.63, 3.8) is 0 Å². The molecule has 0 saturated carbocycles. The molecule has 2 N–H and O–H groups in total. The number of aliphatic hydroxyl groups excluding tert-OH is 1. The molecule has 3 rings (SSSR count). The molecule has 0 aromatic heterocycles. The lowest BCUT2D eigenvalue weighted by Crippen LogP contribution is -2.42. The van der Waals surface area contributed by atoms with E-state index in [2.05, 4.69) is 11.4 Å². The van der Waals surface area contributed by atoms with Crippen LogP contribution in [-0.2, 0) is 16.8 Å². The number of nitrogens with zero attached hydrogens (tertiary/aromatic N) is 2. The summed E-state index contributed by atoms with van der Waals surface area (Å²) in [7, 11) is 1.55. The molecule has 1 saturated heterocycles. The summed E-state index contributed by atoms with van der Waals surface area (Å²) in [5.41, 5.74) is 0.260. The van der Waals surface area contributed by atoms with Crippen molar-refractivity contribution in [1.82, 2.24) is 10.2 Å². The highest BCUT2D eigenvalue weighted by atomic mass is 16.5. The van der Waals surface area contributed by atoms with Crippen LogP contribution in [0, 0.1) is 11.3 Å². The Bertz CT molecular complexity index is 952. The molecule has 2 aromatic rings. The number of nitriles is 1. The van der Waals surface area contributed by atoms with Crippen LogP contribution in [0.25, 0.3) is 0 Å². The lowest BCUT2D eigenvalue weighted by molar-refractivity contribution is -0.132. The highest BCUT2D eigenvalue weighted by Gasteiger charge is 2.49. The summed E-state index contributed by atoms with van der Waals surface area (Å²) in [6.45, 7) is 1.34. The largest absolute Gasteiger partial charge is 0.497 e. The first-order chi connectivity index (χ1) is 14.4. The second kappa shape index (κ2) is 8.84. The maximum atomic E-state index is 12.9. The van der Waals surface area contributed by atoms with Crippen molar-refractivity contribution >= 4 is 11.9 Å². The minimum absolute atomic E-state index is 0.0894. The van der Waals surface area contributed by atoms with Gasteiger partial charge in [0.25, 0.3) is 5.91 Å². The Balaban J connectivity index is 1.61. The van der Waals surface area contributed by atoms with E-state index in [0.717, 1.165) is 10.5 Å². The van der Waals surface area contributed by atoms with E-state index in [0.29, 0.717) is 23.5 Å². The van der Waals surface area contributed by atoms with Crippen molar-refractivity contribution in [1.29, 1.82) is 5.26 Å². The summed E-state index contributed by atoms with van der Waals surface area (Å²) in [4.78, 5) is 26.3. The average molecular weight is 409 g/mol. The van der Waals surface area contributed by atoms with Crippen molar-refractivity contribution in [3.8, 4) is 17.6 Å². The quantitative estimate of drug-likeness (QED) is 0.645. The predicted molar refractivity (Wildman–Crippen MR) is 108 cm³/mol. The van der Waals surface area contributed by atoms with E-state index in [4.69, 9.17) is 14.7 Å². The number of aliphatic hydroxyl groups is 1. The van der Waals surface area contributed by atoms with Gasteiger partial charge in [-0.3, -0.25) is 9.69 Å². The van der Waals surface area contributed by atoms with Crippen LogP contribution in [-0.4, -0.2) is 48.3 Å². The van der Waals surface area contributed by atoms with Gasteiger partial charge in [0.15, 0.2) is 0 Å². The number of hydrogen-bond donors (Lipinski definition) is 2. The Labute approximate surface area is 174 Å². The van der Waals surface area contributed by atoms with Gasteiger partial charge < -0.3 is 19.9 Å². The van der Waals surface area contributed by atoms with E-state index in [-0.39, 0.29) is 13.2 Å². The zero-order chi connectivity index (χ0) is 21.7. The summed E-state index contributed by atoms with van der Waals surface area (Å²) < 4.78 is 10.7. The fourth-order valence-electron chi connectivity index (χ4n) is 3.23. The molecule has 0 unspecified atom stereocenters. The molecule has 156 valence electrons. The number of nitrogens with one attached hydrogen (secondary N) is 1. The molecular formula is C22H23N3O5. The number of rotatable bonds is 8. The predicted octanol–water partition coefficient (Wildman–Crippen LogP) is 1.97. The van der Waals surface area contributed by atoms with Crippen LogP contribution in [0.2, 0.25) is 0 Å². The molecule has 0 spiro atoms. The topological polar surface area (TPSA) is 112 Å². The summed E-state index contributed by atoms with van der Waals surface area (Å²) >= 11 is 0. The minimum Gasteiger partial charge on any atom is -0.497 e. The van der Waals surface area contributed by atoms with Gasteiger partial charge >= 0.3 is 6.03 Å². The van der Waals surface area contributed by atoms with Crippen molar-refractivity contribution in [2.24, 2.45) is 0 Å². The van der Waals surface area contributed by atoms with Crippen LogP contribution in [0.3, 0.4) is 0 Å². The van der Waals surface area contributed by atoms with Crippen LogP contribution >= 0.6 is 0 Å². The molecule has 0 aliphatic carbocycles. The monoisotopic (exact) mass is 409 g/mol. The third kappa shape index (κ3) is 4.36. The first-order valence-electron chi connectivity index (χ1n) is 9.43. The second-order valence-corrected chi connectivity index (χ2v) is 7.14. The number of carbonyl (C=O) groups is 2. The number of imide groups is 1. The zero-order valence-electron chi connectivity index (χ0n) is 16.8. The van der Waals surface area contributed by atoms with E-state index in [1.54, 1.807) is 62.6 Å². The Kier molecular flexibility index (Phi) is 6.23. The minimum atomic E-state index is -1.22. The van der Waals surface area contributed by atoms with Gasteiger partial charge in [-0.15, -0.1) is 0 Å².